The van der Waals surface area contributed by atoms with Gasteiger partial charge in [0.2, 0.25) is 0 Å². The number of carbonyl (C=O) groups excluding carboxylic acids is 1. The van der Waals surface area contributed by atoms with Gasteiger partial charge in [0.1, 0.15) is 11.4 Å². The second kappa shape index (κ2) is 7.09. The predicted molar refractivity (Wildman–Crippen MR) is 87.9 cm³/mol. The van der Waals surface area contributed by atoms with E-state index in [9.17, 15) is 4.79 Å². The van der Waals surface area contributed by atoms with Gasteiger partial charge in [0, 0.05) is 12.2 Å². The maximum Gasteiger partial charge on any atom is 0.413 e. The highest BCUT2D eigenvalue weighted by molar-refractivity contribution is 5.83. The normalized spacial score (nSPS) is 19.2. The smallest absolute Gasteiger partial charge is 0.413 e. The summed E-state index contributed by atoms with van der Waals surface area (Å²) < 4.78 is 5.22. The van der Waals surface area contributed by atoms with Gasteiger partial charge in [-0.3, -0.25) is 10.2 Å². The topological polar surface area (TPSA) is 54.5 Å². The summed E-state index contributed by atoms with van der Waals surface area (Å²) in [5, 5.41) is 2.67. The minimum Gasteiger partial charge on any atom is -0.444 e. The number of ether oxygens (including phenoxy) is 1. The molecule has 1 aromatic heterocycles. The maximum atomic E-state index is 11.7. The van der Waals surface area contributed by atoms with Gasteiger partial charge in [0.05, 0.1) is 0 Å². The molecule has 1 fully saturated rings. The van der Waals surface area contributed by atoms with Gasteiger partial charge in [0.25, 0.3) is 0 Å². The summed E-state index contributed by atoms with van der Waals surface area (Å²) in [6.07, 6.45) is 4.98. The average Bonchev–Trinajstić information content (AvgIpc) is 2.86. The Hall–Kier alpha value is -1.62. The molecule has 1 aromatic rings. The van der Waals surface area contributed by atoms with Gasteiger partial charge in [-0.2, -0.15) is 0 Å². The molecule has 0 radical (unpaired) electrons. The quantitative estimate of drug-likeness (QED) is 0.914. The number of nitrogens with one attached hydrogen (secondary N) is 1. The van der Waals surface area contributed by atoms with E-state index in [-0.39, 0.29) is 0 Å². The summed E-state index contributed by atoms with van der Waals surface area (Å²) in [6.45, 7) is 10.0. The van der Waals surface area contributed by atoms with Crippen molar-refractivity contribution >= 4 is 11.9 Å². The van der Waals surface area contributed by atoms with Crippen molar-refractivity contribution in [3.63, 3.8) is 0 Å². The van der Waals surface area contributed by atoms with Gasteiger partial charge in [-0.05, 0) is 64.8 Å². The molecule has 122 valence electrons. The van der Waals surface area contributed by atoms with E-state index in [1.54, 1.807) is 0 Å². The Morgan fingerprint density at radius 3 is 2.82 bits per heavy atom. The second-order valence-corrected chi connectivity index (χ2v) is 6.80. The van der Waals surface area contributed by atoms with E-state index in [0.717, 1.165) is 13.1 Å². The molecule has 1 aliphatic heterocycles. The SMILES string of the molecule is CCCN1CCC[C@@H]1c1ccc(NC(=O)OC(C)(C)C)nc1. The first-order valence-electron chi connectivity index (χ1n) is 8.09. The molecule has 1 saturated heterocycles. The van der Waals surface area contributed by atoms with E-state index in [4.69, 9.17) is 4.74 Å². The third-order valence-corrected chi connectivity index (χ3v) is 3.67. The largest absolute Gasteiger partial charge is 0.444 e. The summed E-state index contributed by atoms with van der Waals surface area (Å²) in [5.41, 5.74) is 0.717. The van der Waals surface area contributed by atoms with Crippen molar-refractivity contribution in [3.8, 4) is 0 Å². The van der Waals surface area contributed by atoms with Crippen LogP contribution in [0.5, 0.6) is 0 Å². The molecule has 5 nitrogen and oxygen atoms in total. The minimum atomic E-state index is -0.505. The van der Waals surface area contributed by atoms with E-state index >= 15 is 0 Å². The van der Waals surface area contributed by atoms with Crippen LogP contribution in [0.4, 0.5) is 10.6 Å². The monoisotopic (exact) mass is 305 g/mol. The Morgan fingerprint density at radius 2 is 2.23 bits per heavy atom. The average molecular weight is 305 g/mol. The fraction of sp³-hybridized carbons (Fsp3) is 0.647. The highest BCUT2D eigenvalue weighted by atomic mass is 16.6. The standard InChI is InChI=1S/C17H27N3O2/c1-5-10-20-11-6-7-14(20)13-8-9-15(18-12-13)19-16(21)22-17(2,3)4/h8-9,12,14H,5-7,10-11H2,1-4H3,(H,18,19,21)/t14-/m1/s1. The van der Waals surface area contributed by atoms with Gasteiger partial charge in [-0.15, -0.1) is 0 Å². The number of likely N-dealkylation sites (tertiary alicyclic amines) is 1. The highest BCUT2D eigenvalue weighted by Gasteiger charge is 2.25. The number of nitrogens with zero attached hydrogens (tertiary/aromatic N) is 2. The van der Waals surface area contributed by atoms with Gasteiger partial charge in [-0.25, -0.2) is 9.78 Å². The number of aromatic nitrogens is 1. The van der Waals surface area contributed by atoms with Crippen molar-refractivity contribution in [1.82, 2.24) is 9.88 Å². The predicted octanol–water partition coefficient (Wildman–Crippen LogP) is 3.98. The first-order valence-corrected chi connectivity index (χ1v) is 8.09. The van der Waals surface area contributed by atoms with Crippen LogP contribution in [-0.4, -0.2) is 34.7 Å². The van der Waals surface area contributed by atoms with Crippen molar-refractivity contribution in [2.75, 3.05) is 18.4 Å². The Balaban J connectivity index is 1.97. The fourth-order valence-electron chi connectivity index (χ4n) is 2.84. The Bertz CT molecular complexity index is 494. The lowest BCUT2D eigenvalue weighted by molar-refractivity contribution is 0.0635. The maximum absolute atomic E-state index is 11.7. The molecule has 1 amide bonds. The van der Waals surface area contributed by atoms with Gasteiger partial charge in [-0.1, -0.05) is 13.0 Å². The lowest BCUT2D eigenvalue weighted by atomic mass is 10.1. The molecule has 2 heterocycles. The van der Waals surface area contributed by atoms with Crippen LogP contribution in [0.25, 0.3) is 0 Å². The van der Waals surface area contributed by atoms with Gasteiger partial charge >= 0.3 is 6.09 Å². The van der Waals surface area contributed by atoms with Crippen LogP contribution in [-0.2, 0) is 4.74 Å². The summed E-state index contributed by atoms with van der Waals surface area (Å²) in [5.74, 6) is 0.526. The van der Waals surface area contributed by atoms with E-state index in [0.29, 0.717) is 11.9 Å². The molecule has 2 rings (SSSR count). The Labute approximate surface area is 133 Å². The Morgan fingerprint density at radius 1 is 1.45 bits per heavy atom. The summed E-state index contributed by atoms with van der Waals surface area (Å²) in [4.78, 5) is 18.6. The van der Waals surface area contributed by atoms with E-state index in [1.807, 2.05) is 33.0 Å². The summed E-state index contributed by atoms with van der Waals surface area (Å²) in [7, 11) is 0. The number of anilines is 1. The van der Waals surface area contributed by atoms with E-state index in [1.165, 1.54) is 24.8 Å². The van der Waals surface area contributed by atoms with Gasteiger partial charge < -0.3 is 4.74 Å². The third-order valence-electron chi connectivity index (χ3n) is 3.67. The second-order valence-electron chi connectivity index (χ2n) is 6.80. The van der Waals surface area contributed by atoms with Crippen molar-refractivity contribution in [2.45, 2.75) is 58.6 Å². The molecular weight excluding hydrogens is 278 g/mol. The Kier molecular flexibility index (Phi) is 5.40. The van der Waals surface area contributed by atoms with Crippen LogP contribution in [0.15, 0.2) is 18.3 Å². The zero-order valence-electron chi connectivity index (χ0n) is 14.1. The van der Waals surface area contributed by atoms with Crippen LogP contribution < -0.4 is 5.32 Å². The molecule has 22 heavy (non-hydrogen) atoms. The van der Waals surface area contributed by atoms with Crippen LogP contribution >= 0.6 is 0 Å². The molecule has 0 spiro atoms. The number of amides is 1. The number of rotatable bonds is 4. The molecule has 1 N–H and O–H groups in total. The molecule has 0 aromatic carbocycles. The van der Waals surface area contributed by atoms with E-state index in [2.05, 4.69) is 28.2 Å². The lowest BCUT2D eigenvalue weighted by Gasteiger charge is -2.24. The molecular formula is C17H27N3O2. The third kappa shape index (κ3) is 4.70. The lowest BCUT2D eigenvalue weighted by Crippen LogP contribution is -2.27. The molecule has 5 heteroatoms. The molecule has 1 atom stereocenters. The van der Waals surface area contributed by atoms with E-state index < -0.39 is 11.7 Å². The zero-order valence-corrected chi connectivity index (χ0v) is 14.1. The van der Waals surface area contributed by atoms with Crippen LogP contribution in [0.2, 0.25) is 0 Å². The molecule has 1 aliphatic rings. The number of hydrogen-bond donors (Lipinski definition) is 1. The summed E-state index contributed by atoms with van der Waals surface area (Å²) >= 11 is 0. The highest BCUT2D eigenvalue weighted by Crippen LogP contribution is 2.31. The van der Waals surface area contributed by atoms with Crippen LogP contribution in [0.3, 0.4) is 0 Å². The number of pyridine rings is 1. The molecule has 0 bridgehead atoms. The molecule has 0 unspecified atom stereocenters. The molecule has 0 aliphatic carbocycles. The minimum absolute atomic E-state index is 0.461. The van der Waals surface area contributed by atoms with Crippen molar-refractivity contribution < 1.29 is 9.53 Å². The summed E-state index contributed by atoms with van der Waals surface area (Å²) in [6, 6.07) is 4.36. The van der Waals surface area contributed by atoms with Crippen molar-refractivity contribution in [2.24, 2.45) is 0 Å². The number of carbonyl (C=O) groups is 1. The van der Waals surface area contributed by atoms with Crippen molar-refractivity contribution in [1.29, 1.82) is 0 Å². The van der Waals surface area contributed by atoms with Crippen LogP contribution in [0, 0.1) is 0 Å². The van der Waals surface area contributed by atoms with Crippen molar-refractivity contribution in [3.05, 3.63) is 23.9 Å². The first-order chi connectivity index (χ1) is 10.4. The number of hydrogen-bond acceptors (Lipinski definition) is 4. The van der Waals surface area contributed by atoms with Crippen LogP contribution in [0.1, 0.15) is 58.6 Å². The molecule has 0 saturated carbocycles. The van der Waals surface area contributed by atoms with Gasteiger partial charge in [0.15, 0.2) is 0 Å². The first kappa shape index (κ1) is 16.7. The fourth-order valence-corrected chi connectivity index (χ4v) is 2.84. The zero-order chi connectivity index (χ0) is 16.2.